The fourth-order valence-electron chi connectivity index (χ4n) is 7.88. The first-order valence-corrected chi connectivity index (χ1v) is 10.1. The van der Waals surface area contributed by atoms with Crippen molar-refractivity contribution in [2.24, 2.45) is 40.2 Å². The Morgan fingerprint density at radius 3 is 2.31 bits per heavy atom. The quantitative estimate of drug-likeness (QED) is 0.700. The summed E-state index contributed by atoms with van der Waals surface area (Å²) in [6, 6.07) is -1.44. The van der Waals surface area contributed by atoms with Crippen molar-refractivity contribution in [2.75, 3.05) is 6.54 Å². The number of hydrogen-bond donors (Lipinski definition) is 3. The van der Waals surface area contributed by atoms with Crippen LogP contribution in [-0.4, -0.2) is 51.2 Å². The van der Waals surface area contributed by atoms with Gasteiger partial charge in [0.15, 0.2) is 0 Å². The molecule has 0 spiro atoms. The van der Waals surface area contributed by atoms with E-state index in [4.69, 9.17) is 5.73 Å². The van der Waals surface area contributed by atoms with Crippen molar-refractivity contribution in [1.29, 1.82) is 0 Å². The molecular formula is C20H30N2O4. The van der Waals surface area contributed by atoms with E-state index < -0.39 is 23.7 Å². The van der Waals surface area contributed by atoms with E-state index in [0.717, 1.165) is 32.1 Å². The van der Waals surface area contributed by atoms with Gasteiger partial charge in [-0.1, -0.05) is 13.8 Å². The van der Waals surface area contributed by atoms with Crippen LogP contribution in [0.15, 0.2) is 0 Å². The predicted octanol–water partition coefficient (Wildman–Crippen LogP) is 1.21. The number of nitrogens with zero attached hydrogens (tertiary/aromatic N) is 1. The fourth-order valence-corrected chi connectivity index (χ4v) is 7.88. The van der Waals surface area contributed by atoms with E-state index in [2.05, 4.69) is 13.8 Å². The van der Waals surface area contributed by atoms with Gasteiger partial charge in [-0.05, 0) is 67.1 Å². The van der Waals surface area contributed by atoms with Crippen LogP contribution in [0.5, 0.6) is 0 Å². The normalized spacial score (nSPS) is 51.2. The van der Waals surface area contributed by atoms with Gasteiger partial charge in [0.05, 0.1) is 11.6 Å². The highest BCUT2D eigenvalue weighted by Gasteiger charge is 2.70. The van der Waals surface area contributed by atoms with Crippen LogP contribution in [0.2, 0.25) is 0 Å². The fraction of sp³-hybridized carbons (Fsp3) is 0.900. The molecule has 1 saturated heterocycles. The molecular weight excluding hydrogens is 332 g/mol. The van der Waals surface area contributed by atoms with E-state index in [0.29, 0.717) is 24.8 Å². The van der Waals surface area contributed by atoms with Crippen LogP contribution in [0, 0.1) is 34.5 Å². The molecule has 0 aromatic carbocycles. The summed E-state index contributed by atoms with van der Waals surface area (Å²) >= 11 is 0. The van der Waals surface area contributed by atoms with Gasteiger partial charge in [0.1, 0.15) is 6.04 Å². The monoisotopic (exact) mass is 362 g/mol. The molecule has 5 saturated carbocycles. The Kier molecular flexibility index (Phi) is 3.15. The number of likely N-dealkylation sites (tertiary alicyclic amines) is 1. The van der Waals surface area contributed by atoms with Gasteiger partial charge >= 0.3 is 5.97 Å². The molecule has 6 nitrogen and oxygen atoms in total. The molecule has 0 radical (unpaired) electrons. The van der Waals surface area contributed by atoms with E-state index in [1.807, 2.05) is 0 Å². The third-order valence-electron chi connectivity index (χ3n) is 8.75. The van der Waals surface area contributed by atoms with E-state index in [1.165, 1.54) is 0 Å². The molecule has 4 bridgehead atoms. The summed E-state index contributed by atoms with van der Waals surface area (Å²) in [6.45, 7) is 4.69. The average Bonchev–Trinajstić information content (AvgIpc) is 2.90. The zero-order valence-electron chi connectivity index (χ0n) is 15.6. The van der Waals surface area contributed by atoms with Crippen molar-refractivity contribution < 1.29 is 19.8 Å². The molecule has 6 aliphatic rings. The zero-order chi connectivity index (χ0) is 18.6. The summed E-state index contributed by atoms with van der Waals surface area (Å²) in [5.74, 6) is 0.110. The molecule has 1 aliphatic heterocycles. The van der Waals surface area contributed by atoms with Crippen molar-refractivity contribution in [3.8, 4) is 0 Å². The van der Waals surface area contributed by atoms with Crippen LogP contribution in [0.25, 0.3) is 0 Å². The highest BCUT2D eigenvalue weighted by atomic mass is 16.4. The van der Waals surface area contributed by atoms with Crippen molar-refractivity contribution in [3.05, 3.63) is 0 Å². The molecule has 6 rings (SSSR count). The van der Waals surface area contributed by atoms with Crippen LogP contribution >= 0.6 is 0 Å². The topological polar surface area (TPSA) is 104 Å². The third-order valence-corrected chi connectivity index (χ3v) is 8.75. The first kappa shape index (κ1) is 17.0. The Hall–Kier alpha value is -1.14. The van der Waals surface area contributed by atoms with Gasteiger partial charge in [-0.3, -0.25) is 4.79 Å². The van der Waals surface area contributed by atoms with Crippen molar-refractivity contribution in [3.63, 3.8) is 0 Å². The molecule has 6 fully saturated rings. The molecule has 1 heterocycles. The third kappa shape index (κ3) is 2.06. The Labute approximate surface area is 154 Å². The van der Waals surface area contributed by atoms with Crippen molar-refractivity contribution in [1.82, 2.24) is 4.90 Å². The number of aliphatic hydroxyl groups is 1. The van der Waals surface area contributed by atoms with Gasteiger partial charge in [-0.15, -0.1) is 0 Å². The second-order valence-electron chi connectivity index (χ2n) is 10.8. The molecule has 0 aromatic heterocycles. The Balaban J connectivity index is 1.40. The lowest BCUT2D eigenvalue weighted by atomic mass is 9.46. The summed E-state index contributed by atoms with van der Waals surface area (Å²) in [5, 5.41) is 20.7. The lowest BCUT2D eigenvalue weighted by Gasteiger charge is -2.61. The molecule has 1 amide bonds. The van der Waals surface area contributed by atoms with E-state index in [-0.39, 0.29) is 28.6 Å². The van der Waals surface area contributed by atoms with Crippen LogP contribution in [0.1, 0.15) is 52.4 Å². The minimum Gasteiger partial charge on any atom is -0.480 e. The largest absolute Gasteiger partial charge is 0.480 e. The smallest absolute Gasteiger partial charge is 0.326 e. The first-order valence-electron chi connectivity index (χ1n) is 10.1. The molecule has 6 heteroatoms. The number of rotatable bonds is 3. The minimum absolute atomic E-state index is 0.000223. The SMILES string of the molecule is CC1(C)[C@@H]2[C@@H](C(=O)O)N(C(=O)[C@@H](N)[C@@]34C[C@@H]5C[C@@H](C[C@](O)(C5)C3)C4)C[C@@H]21. The van der Waals surface area contributed by atoms with Crippen molar-refractivity contribution >= 4 is 11.9 Å². The number of nitrogens with two attached hydrogens (primary N) is 1. The first-order chi connectivity index (χ1) is 12.1. The minimum atomic E-state index is -0.909. The van der Waals surface area contributed by atoms with Crippen LogP contribution in [-0.2, 0) is 9.59 Å². The Bertz CT molecular complexity index is 675. The van der Waals surface area contributed by atoms with Crippen LogP contribution < -0.4 is 5.73 Å². The van der Waals surface area contributed by atoms with Gasteiger partial charge in [0, 0.05) is 12.5 Å². The summed E-state index contributed by atoms with van der Waals surface area (Å²) < 4.78 is 0. The lowest BCUT2D eigenvalue weighted by Crippen LogP contribution is -2.65. The van der Waals surface area contributed by atoms with E-state index in [1.54, 1.807) is 4.90 Å². The number of carboxylic acid groups (broad SMARTS) is 1. The lowest BCUT2D eigenvalue weighted by molar-refractivity contribution is -0.179. The summed E-state index contributed by atoms with van der Waals surface area (Å²) in [5.41, 5.74) is 5.54. The van der Waals surface area contributed by atoms with E-state index in [9.17, 15) is 19.8 Å². The number of hydrogen-bond acceptors (Lipinski definition) is 4. The summed E-state index contributed by atoms with van der Waals surface area (Å²) in [7, 11) is 0. The number of aliphatic carboxylic acids is 1. The van der Waals surface area contributed by atoms with Gasteiger partial charge in [-0.25, -0.2) is 4.79 Å². The van der Waals surface area contributed by atoms with Gasteiger partial charge < -0.3 is 20.8 Å². The molecule has 5 aliphatic carbocycles. The second kappa shape index (κ2) is 4.82. The van der Waals surface area contributed by atoms with Crippen LogP contribution in [0.4, 0.5) is 0 Å². The second-order valence-corrected chi connectivity index (χ2v) is 10.8. The number of fused-ring (bicyclic) bond motifs is 1. The Morgan fingerprint density at radius 2 is 1.77 bits per heavy atom. The van der Waals surface area contributed by atoms with Gasteiger partial charge in [0.2, 0.25) is 5.91 Å². The molecule has 26 heavy (non-hydrogen) atoms. The Morgan fingerprint density at radius 1 is 1.15 bits per heavy atom. The maximum atomic E-state index is 13.3. The standard InChI is InChI=1S/C20H30N2O4/c1-18(2)12-8-22(14(13(12)18)17(24)25)16(23)15(21)19-4-10-3-11(5-19)7-20(26,6-10)9-19/h10-15,26H,3-9,21H2,1-2H3,(H,24,25)/t10-,11+,12-,13-,14-,15+,19+,20+/m0/s1. The number of carboxylic acids is 1. The maximum absolute atomic E-state index is 13.3. The van der Waals surface area contributed by atoms with Crippen molar-refractivity contribution in [2.45, 2.75) is 70.1 Å². The molecule has 4 N–H and O–H groups in total. The van der Waals surface area contributed by atoms with Gasteiger partial charge in [-0.2, -0.15) is 0 Å². The van der Waals surface area contributed by atoms with E-state index >= 15 is 0 Å². The predicted molar refractivity (Wildman–Crippen MR) is 93.9 cm³/mol. The number of carbonyl (C=O) groups excluding carboxylic acids is 1. The molecule has 144 valence electrons. The summed E-state index contributed by atoms with van der Waals surface area (Å²) in [6.07, 6.45) is 5.23. The van der Waals surface area contributed by atoms with Crippen LogP contribution in [0.3, 0.4) is 0 Å². The number of piperidine rings is 1. The molecule has 0 unspecified atom stereocenters. The highest BCUT2D eigenvalue weighted by molar-refractivity contribution is 5.89. The molecule has 0 aromatic rings. The maximum Gasteiger partial charge on any atom is 0.326 e. The highest BCUT2D eigenvalue weighted by Crippen LogP contribution is 2.66. The molecule has 8 atom stereocenters. The summed E-state index contributed by atoms with van der Waals surface area (Å²) in [4.78, 5) is 26.8. The average molecular weight is 362 g/mol. The number of carbonyl (C=O) groups is 2. The van der Waals surface area contributed by atoms with Gasteiger partial charge in [0.25, 0.3) is 0 Å². The zero-order valence-corrected chi connectivity index (χ0v) is 15.6. The number of amides is 1.